The molecule has 0 aliphatic carbocycles. The Balaban J connectivity index is 1.41. The lowest BCUT2D eigenvalue weighted by Crippen LogP contribution is -2.49. The van der Waals surface area contributed by atoms with Gasteiger partial charge in [0.1, 0.15) is 0 Å². The third-order valence-electron chi connectivity index (χ3n) is 6.60. The Bertz CT molecular complexity index is 1050. The second kappa shape index (κ2) is 9.24. The van der Waals surface area contributed by atoms with Crippen LogP contribution in [0.1, 0.15) is 36.2 Å². The van der Waals surface area contributed by atoms with Gasteiger partial charge in [-0.25, -0.2) is 8.42 Å². The van der Waals surface area contributed by atoms with Crippen molar-refractivity contribution in [1.82, 2.24) is 9.21 Å². The van der Waals surface area contributed by atoms with Gasteiger partial charge in [-0.15, -0.1) is 0 Å². The van der Waals surface area contributed by atoms with Crippen molar-refractivity contribution < 1.29 is 13.2 Å². The van der Waals surface area contributed by atoms with Crippen LogP contribution in [0.2, 0.25) is 0 Å². The Hall–Kier alpha value is -2.38. The molecular formula is C25H33N3O3S. The van der Waals surface area contributed by atoms with Crippen LogP contribution in [0.25, 0.3) is 0 Å². The summed E-state index contributed by atoms with van der Waals surface area (Å²) in [4.78, 5) is 17.4. The maximum atomic E-state index is 13.1. The van der Waals surface area contributed by atoms with Crippen molar-refractivity contribution in [2.45, 2.75) is 32.1 Å². The summed E-state index contributed by atoms with van der Waals surface area (Å²) in [5, 5.41) is 0. The number of carbonyl (C=O) groups excluding carboxylic acids is 1. The van der Waals surface area contributed by atoms with Crippen molar-refractivity contribution >= 4 is 21.6 Å². The van der Waals surface area contributed by atoms with Gasteiger partial charge in [0.15, 0.2) is 0 Å². The number of anilines is 1. The van der Waals surface area contributed by atoms with E-state index >= 15 is 0 Å². The predicted octanol–water partition coefficient (Wildman–Crippen LogP) is 3.62. The predicted molar refractivity (Wildman–Crippen MR) is 127 cm³/mol. The first-order valence-corrected chi connectivity index (χ1v) is 12.9. The van der Waals surface area contributed by atoms with Crippen LogP contribution in [0.4, 0.5) is 5.69 Å². The number of piperidine rings is 1. The van der Waals surface area contributed by atoms with E-state index in [1.807, 2.05) is 17.0 Å². The third kappa shape index (κ3) is 4.69. The van der Waals surface area contributed by atoms with E-state index in [0.29, 0.717) is 43.6 Å². The summed E-state index contributed by atoms with van der Waals surface area (Å²) in [6.07, 6.45) is 1.05. The summed E-state index contributed by atoms with van der Waals surface area (Å²) in [5.41, 5.74) is 2.99. The summed E-state index contributed by atoms with van der Waals surface area (Å²) in [5.74, 6) is 0.666. The lowest BCUT2D eigenvalue weighted by atomic mass is 9.94. The highest BCUT2D eigenvalue weighted by Crippen LogP contribution is 2.27. The number of carbonyl (C=O) groups is 1. The first-order chi connectivity index (χ1) is 15.3. The summed E-state index contributed by atoms with van der Waals surface area (Å²) in [7, 11) is -3.54. The monoisotopic (exact) mass is 455 g/mol. The molecule has 1 amide bonds. The minimum atomic E-state index is -3.54. The van der Waals surface area contributed by atoms with Gasteiger partial charge in [0.2, 0.25) is 10.0 Å². The number of sulfonamides is 1. The molecule has 0 radical (unpaired) electrons. The van der Waals surface area contributed by atoms with Gasteiger partial charge >= 0.3 is 0 Å². The van der Waals surface area contributed by atoms with Gasteiger partial charge in [0, 0.05) is 50.5 Å². The van der Waals surface area contributed by atoms with Crippen molar-refractivity contribution in [3.05, 3.63) is 59.7 Å². The van der Waals surface area contributed by atoms with E-state index in [-0.39, 0.29) is 10.8 Å². The lowest BCUT2D eigenvalue weighted by Gasteiger charge is -2.37. The van der Waals surface area contributed by atoms with Crippen LogP contribution in [0, 0.1) is 18.8 Å². The fourth-order valence-electron chi connectivity index (χ4n) is 4.97. The quantitative estimate of drug-likeness (QED) is 0.707. The zero-order valence-electron chi connectivity index (χ0n) is 19.2. The maximum absolute atomic E-state index is 13.1. The van der Waals surface area contributed by atoms with E-state index in [0.717, 1.165) is 19.5 Å². The molecule has 2 aliphatic heterocycles. The number of rotatable bonds is 4. The van der Waals surface area contributed by atoms with E-state index in [1.54, 1.807) is 28.6 Å². The molecule has 0 aromatic heterocycles. The standard InChI is InChI=1S/C25H33N3O3S/c1-19-16-20(2)18-28(17-19)32(30,31)23-10-8-22(9-11-23)25(29)27-14-12-26(13-15-27)24-7-5-4-6-21(24)3/h4-11,19-20H,12-18H2,1-3H3. The third-order valence-corrected chi connectivity index (χ3v) is 8.44. The topological polar surface area (TPSA) is 60.9 Å². The molecule has 172 valence electrons. The Morgan fingerprint density at radius 2 is 1.47 bits per heavy atom. The van der Waals surface area contributed by atoms with Crippen LogP contribution in [-0.2, 0) is 10.0 Å². The van der Waals surface area contributed by atoms with E-state index in [4.69, 9.17) is 0 Å². The second-order valence-electron chi connectivity index (χ2n) is 9.36. The molecule has 2 saturated heterocycles. The summed E-state index contributed by atoms with van der Waals surface area (Å²) >= 11 is 0. The maximum Gasteiger partial charge on any atom is 0.253 e. The van der Waals surface area contributed by atoms with E-state index in [1.165, 1.54) is 11.3 Å². The van der Waals surface area contributed by atoms with Gasteiger partial charge in [0.05, 0.1) is 4.90 Å². The average Bonchev–Trinajstić information content (AvgIpc) is 2.78. The van der Waals surface area contributed by atoms with E-state index in [9.17, 15) is 13.2 Å². The number of aryl methyl sites for hydroxylation is 1. The zero-order chi connectivity index (χ0) is 22.9. The fourth-order valence-corrected chi connectivity index (χ4v) is 6.65. The molecule has 0 spiro atoms. The minimum absolute atomic E-state index is 0.0430. The van der Waals surface area contributed by atoms with Gasteiger partial charge in [-0.05, 0) is 61.1 Å². The first-order valence-electron chi connectivity index (χ1n) is 11.5. The number of para-hydroxylation sites is 1. The first kappa shape index (κ1) is 22.8. The Kier molecular flexibility index (Phi) is 6.58. The second-order valence-corrected chi connectivity index (χ2v) is 11.3. The molecule has 2 unspecified atom stereocenters. The Morgan fingerprint density at radius 3 is 2.06 bits per heavy atom. The molecule has 2 aromatic carbocycles. The van der Waals surface area contributed by atoms with Crippen LogP contribution in [0.5, 0.6) is 0 Å². The highest BCUT2D eigenvalue weighted by Gasteiger charge is 2.32. The van der Waals surface area contributed by atoms with Crippen LogP contribution < -0.4 is 4.90 Å². The van der Waals surface area contributed by atoms with E-state index < -0.39 is 10.0 Å². The SMILES string of the molecule is Cc1ccccc1N1CCN(C(=O)c2ccc(S(=O)(=O)N3CC(C)CC(C)C3)cc2)CC1. The molecule has 4 rings (SSSR count). The van der Waals surface area contributed by atoms with Gasteiger partial charge in [0.25, 0.3) is 5.91 Å². The summed E-state index contributed by atoms with van der Waals surface area (Å²) < 4.78 is 27.8. The minimum Gasteiger partial charge on any atom is -0.368 e. The number of nitrogens with zero attached hydrogens (tertiary/aromatic N) is 3. The van der Waals surface area contributed by atoms with E-state index in [2.05, 4.69) is 37.8 Å². The van der Waals surface area contributed by atoms with Crippen LogP contribution in [-0.4, -0.2) is 62.8 Å². The van der Waals surface area contributed by atoms with Gasteiger partial charge < -0.3 is 9.80 Å². The molecule has 0 saturated carbocycles. The number of hydrogen-bond donors (Lipinski definition) is 0. The fraction of sp³-hybridized carbons (Fsp3) is 0.480. The molecule has 2 aliphatic rings. The smallest absolute Gasteiger partial charge is 0.253 e. The number of piperazine rings is 1. The summed E-state index contributed by atoms with van der Waals surface area (Å²) in [6, 6.07) is 14.8. The molecule has 0 N–H and O–H groups in total. The molecule has 2 aromatic rings. The molecule has 0 bridgehead atoms. The number of benzene rings is 2. The van der Waals surface area contributed by atoms with Crippen molar-refractivity contribution in [2.75, 3.05) is 44.2 Å². The van der Waals surface area contributed by atoms with Gasteiger partial charge in [-0.2, -0.15) is 4.31 Å². The lowest BCUT2D eigenvalue weighted by molar-refractivity contribution is 0.0746. The van der Waals surface area contributed by atoms with Crippen LogP contribution in [0.15, 0.2) is 53.4 Å². The van der Waals surface area contributed by atoms with Gasteiger partial charge in [-0.1, -0.05) is 32.0 Å². The highest BCUT2D eigenvalue weighted by molar-refractivity contribution is 7.89. The van der Waals surface area contributed by atoms with Crippen molar-refractivity contribution in [2.24, 2.45) is 11.8 Å². The molecule has 32 heavy (non-hydrogen) atoms. The molecule has 2 fully saturated rings. The average molecular weight is 456 g/mol. The van der Waals surface area contributed by atoms with Crippen molar-refractivity contribution in [3.8, 4) is 0 Å². The Labute approximate surface area is 191 Å². The number of hydrogen-bond acceptors (Lipinski definition) is 4. The molecule has 2 heterocycles. The molecule has 7 heteroatoms. The zero-order valence-corrected chi connectivity index (χ0v) is 20.0. The summed E-state index contributed by atoms with van der Waals surface area (Å²) in [6.45, 7) is 10.3. The molecule has 2 atom stereocenters. The molecule has 6 nitrogen and oxygen atoms in total. The van der Waals surface area contributed by atoms with Crippen molar-refractivity contribution in [3.63, 3.8) is 0 Å². The highest BCUT2D eigenvalue weighted by atomic mass is 32.2. The molecular weight excluding hydrogens is 422 g/mol. The Morgan fingerprint density at radius 1 is 0.875 bits per heavy atom. The van der Waals surface area contributed by atoms with Crippen molar-refractivity contribution in [1.29, 1.82) is 0 Å². The number of amides is 1. The largest absolute Gasteiger partial charge is 0.368 e. The van der Waals surface area contributed by atoms with Crippen LogP contribution >= 0.6 is 0 Å². The van der Waals surface area contributed by atoms with Gasteiger partial charge in [-0.3, -0.25) is 4.79 Å². The van der Waals surface area contributed by atoms with Crippen LogP contribution in [0.3, 0.4) is 0 Å². The normalized spacial score (nSPS) is 22.7.